The van der Waals surface area contributed by atoms with E-state index in [1.54, 1.807) is 0 Å². The number of aromatic nitrogens is 2. The van der Waals surface area contributed by atoms with Gasteiger partial charge in [0.1, 0.15) is 11.5 Å². The van der Waals surface area contributed by atoms with Gasteiger partial charge in [0.25, 0.3) is 0 Å². The van der Waals surface area contributed by atoms with Crippen LogP contribution in [0, 0.1) is 5.82 Å². The smallest absolute Gasteiger partial charge is 0.177 e. The number of benzene rings is 1. The van der Waals surface area contributed by atoms with E-state index < -0.39 is 15.7 Å². The summed E-state index contributed by atoms with van der Waals surface area (Å²) in [5.41, 5.74) is 0.00231. The Balaban J connectivity index is 2.78. The molecule has 2 aromatic rings. The van der Waals surface area contributed by atoms with Crippen LogP contribution in [-0.2, 0) is 9.84 Å². The molecule has 0 bridgehead atoms. The molecule has 84 valence electrons. The molecule has 2 rings (SSSR count). The quantitative estimate of drug-likeness (QED) is 0.797. The van der Waals surface area contributed by atoms with E-state index in [0.717, 1.165) is 6.26 Å². The van der Waals surface area contributed by atoms with Crippen LogP contribution >= 0.6 is 0 Å². The molecular formula is C10H9FN2O2S. The lowest BCUT2D eigenvalue weighted by Crippen LogP contribution is -2.06. The highest BCUT2D eigenvalue weighted by atomic mass is 32.2. The molecule has 0 unspecified atom stereocenters. The SMILES string of the molecule is CS(=O)(=O)c1cccc(F)c1-n1ccnc1. The van der Waals surface area contributed by atoms with Crippen molar-refractivity contribution in [3.63, 3.8) is 0 Å². The molecule has 0 fully saturated rings. The number of para-hydroxylation sites is 1. The summed E-state index contributed by atoms with van der Waals surface area (Å²) < 4.78 is 38.0. The maximum atomic E-state index is 13.6. The minimum atomic E-state index is -3.47. The van der Waals surface area contributed by atoms with Crippen LogP contribution in [0.25, 0.3) is 5.69 Å². The van der Waals surface area contributed by atoms with Crippen LogP contribution in [-0.4, -0.2) is 24.2 Å². The molecule has 1 heterocycles. The third-order valence-corrected chi connectivity index (χ3v) is 3.24. The number of imidazole rings is 1. The summed E-state index contributed by atoms with van der Waals surface area (Å²) in [6, 6.07) is 3.95. The molecule has 0 N–H and O–H groups in total. The van der Waals surface area contributed by atoms with Gasteiger partial charge in [0.15, 0.2) is 9.84 Å². The first-order valence-electron chi connectivity index (χ1n) is 4.47. The second-order valence-corrected chi connectivity index (χ2v) is 5.31. The van der Waals surface area contributed by atoms with Crippen LogP contribution in [0.2, 0.25) is 0 Å². The number of nitrogens with zero attached hydrogens (tertiary/aromatic N) is 2. The number of rotatable bonds is 2. The topological polar surface area (TPSA) is 52.0 Å². The molecule has 0 spiro atoms. The van der Waals surface area contributed by atoms with Gasteiger partial charge in [-0.2, -0.15) is 0 Å². The third-order valence-electron chi connectivity index (χ3n) is 2.11. The molecule has 1 aromatic carbocycles. The highest BCUT2D eigenvalue weighted by Gasteiger charge is 2.17. The van der Waals surface area contributed by atoms with E-state index in [0.29, 0.717) is 0 Å². The van der Waals surface area contributed by atoms with E-state index in [9.17, 15) is 12.8 Å². The number of sulfone groups is 1. The van der Waals surface area contributed by atoms with Crippen molar-refractivity contribution in [2.75, 3.05) is 6.26 Å². The Bertz CT molecular complexity index is 606. The molecule has 0 aliphatic rings. The van der Waals surface area contributed by atoms with Gasteiger partial charge in [-0.25, -0.2) is 17.8 Å². The fourth-order valence-corrected chi connectivity index (χ4v) is 2.32. The summed E-state index contributed by atoms with van der Waals surface area (Å²) in [4.78, 5) is 3.71. The van der Waals surface area contributed by atoms with Crippen molar-refractivity contribution in [3.05, 3.63) is 42.7 Å². The molecular weight excluding hydrogens is 231 g/mol. The molecule has 0 aliphatic heterocycles. The van der Waals surface area contributed by atoms with E-state index in [2.05, 4.69) is 4.98 Å². The first kappa shape index (κ1) is 10.8. The Morgan fingerprint density at radius 3 is 2.69 bits per heavy atom. The number of hydrogen-bond acceptors (Lipinski definition) is 3. The second-order valence-electron chi connectivity index (χ2n) is 3.33. The van der Waals surface area contributed by atoms with Crippen molar-refractivity contribution in [2.24, 2.45) is 0 Å². The van der Waals surface area contributed by atoms with Crippen LogP contribution in [0.1, 0.15) is 0 Å². The summed E-state index contributed by atoms with van der Waals surface area (Å²) in [6.07, 6.45) is 5.35. The highest BCUT2D eigenvalue weighted by Crippen LogP contribution is 2.22. The summed E-state index contributed by atoms with van der Waals surface area (Å²) in [6.45, 7) is 0. The molecule has 0 aliphatic carbocycles. The van der Waals surface area contributed by atoms with Crippen molar-refractivity contribution in [1.29, 1.82) is 0 Å². The van der Waals surface area contributed by atoms with E-state index in [4.69, 9.17) is 0 Å². The van der Waals surface area contributed by atoms with E-state index in [-0.39, 0.29) is 10.6 Å². The van der Waals surface area contributed by atoms with Gasteiger partial charge >= 0.3 is 0 Å². The molecule has 6 heteroatoms. The van der Waals surface area contributed by atoms with E-state index >= 15 is 0 Å². The lowest BCUT2D eigenvalue weighted by Gasteiger charge is -2.09. The average molecular weight is 240 g/mol. The molecule has 16 heavy (non-hydrogen) atoms. The normalized spacial score (nSPS) is 11.6. The fourth-order valence-electron chi connectivity index (χ4n) is 1.44. The van der Waals surface area contributed by atoms with Gasteiger partial charge in [-0.05, 0) is 12.1 Å². The standard InChI is InChI=1S/C10H9FN2O2S/c1-16(14,15)9-4-2-3-8(11)10(9)13-6-5-12-7-13/h2-7H,1H3. The Hall–Kier alpha value is -1.69. The van der Waals surface area contributed by atoms with E-state index in [1.165, 1.54) is 41.5 Å². The zero-order chi connectivity index (χ0) is 11.8. The molecule has 0 saturated heterocycles. The van der Waals surface area contributed by atoms with Gasteiger partial charge in [-0.15, -0.1) is 0 Å². The van der Waals surface area contributed by atoms with Crippen molar-refractivity contribution in [2.45, 2.75) is 4.90 Å². The predicted molar refractivity (Wildman–Crippen MR) is 56.6 cm³/mol. The summed E-state index contributed by atoms with van der Waals surface area (Å²) in [7, 11) is -3.47. The monoisotopic (exact) mass is 240 g/mol. The Kier molecular flexibility index (Phi) is 2.51. The molecule has 0 radical (unpaired) electrons. The molecule has 0 atom stereocenters. The molecule has 4 nitrogen and oxygen atoms in total. The number of halogens is 1. The van der Waals surface area contributed by atoms with Crippen LogP contribution in [0.4, 0.5) is 4.39 Å². The van der Waals surface area contributed by atoms with Gasteiger partial charge in [0, 0.05) is 18.6 Å². The Morgan fingerprint density at radius 2 is 2.12 bits per heavy atom. The minimum Gasteiger partial charge on any atom is -0.302 e. The lowest BCUT2D eigenvalue weighted by molar-refractivity contribution is 0.591. The van der Waals surface area contributed by atoms with Crippen LogP contribution in [0.15, 0.2) is 41.8 Å². The van der Waals surface area contributed by atoms with Crippen molar-refractivity contribution in [1.82, 2.24) is 9.55 Å². The zero-order valence-electron chi connectivity index (χ0n) is 8.46. The van der Waals surface area contributed by atoms with E-state index in [1.807, 2.05) is 0 Å². The Morgan fingerprint density at radius 1 is 1.38 bits per heavy atom. The third kappa shape index (κ3) is 1.83. The van der Waals surface area contributed by atoms with Crippen LogP contribution < -0.4 is 0 Å². The first-order chi connectivity index (χ1) is 7.50. The minimum absolute atomic E-state index is 0.00231. The second kappa shape index (κ2) is 3.71. The van der Waals surface area contributed by atoms with Gasteiger partial charge in [0.05, 0.1) is 11.2 Å². The maximum Gasteiger partial charge on any atom is 0.177 e. The molecule has 0 saturated carbocycles. The van der Waals surface area contributed by atoms with Gasteiger partial charge in [-0.3, -0.25) is 0 Å². The van der Waals surface area contributed by atoms with Gasteiger partial charge in [-0.1, -0.05) is 6.07 Å². The van der Waals surface area contributed by atoms with Crippen LogP contribution in [0.3, 0.4) is 0 Å². The fraction of sp³-hybridized carbons (Fsp3) is 0.100. The van der Waals surface area contributed by atoms with Gasteiger partial charge in [0.2, 0.25) is 0 Å². The van der Waals surface area contributed by atoms with Crippen LogP contribution in [0.5, 0.6) is 0 Å². The summed E-state index contributed by atoms with van der Waals surface area (Å²) in [5.74, 6) is -0.596. The van der Waals surface area contributed by atoms with Crippen molar-refractivity contribution < 1.29 is 12.8 Å². The largest absolute Gasteiger partial charge is 0.302 e. The Labute approximate surface area is 92.3 Å². The molecule has 0 amide bonds. The number of hydrogen-bond donors (Lipinski definition) is 0. The zero-order valence-corrected chi connectivity index (χ0v) is 9.28. The molecule has 1 aromatic heterocycles. The summed E-state index contributed by atoms with van der Waals surface area (Å²) >= 11 is 0. The predicted octanol–water partition coefficient (Wildman–Crippen LogP) is 1.41. The summed E-state index contributed by atoms with van der Waals surface area (Å²) in [5, 5.41) is 0. The maximum absolute atomic E-state index is 13.6. The lowest BCUT2D eigenvalue weighted by atomic mass is 10.3. The van der Waals surface area contributed by atoms with Crippen molar-refractivity contribution in [3.8, 4) is 5.69 Å². The average Bonchev–Trinajstić information content (AvgIpc) is 2.68. The van der Waals surface area contributed by atoms with Crippen molar-refractivity contribution >= 4 is 9.84 Å². The first-order valence-corrected chi connectivity index (χ1v) is 6.36. The highest BCUT2D eigenvalue weighted by molar-refractivity contribution is 7.90. The van der Waals surface area contributed by atoms with Gasteiger partial charge < -0.3 is 4.57 Å².